The summed E-state index contributed by atoms with van der Waals surface area (Å²) in [6.45, 7) is 0. The van der Waals surface area contributed by atoms with Crippen LogP contribution in [-0.4, -0.2) is 43.9 Å². The molecule has 0 radical (unpaired) electrons. The van der Waals surface area contributed by atoms with Gasteiger partial charge in [0.25, 0.3) is 0 Å². The molecule has 40 heavy (non-hydrogen) atoms. The van der Waals surface area contributed by atoms with Crippen LogP contribution in [0.3, 0.4) is 0 Å². The molecule has 3 aromatic rings. The molecule has 2 unspecified atom stereocenters. The molecular formula is C26H27ClF5N5O3. The van der Waals surface area contributed by atoms with Crippen molar-refractivity contribution < 1.29 is 36.6 Å². The number of carbonyl (C=O) groups is 1. The number of aliphatic hydroxyl groups excluding tert-OH is 1. The Balaban J connectivity index is 1.33. The number of imidazole rings is 1. The lowest BCUT2D eigenvalue weighted by molar-refractivity contribution is -0.145. The number of nitrogens with zero attached hydrogens (tertiary/aromatic N) is 3. The van der Waals surface area contributed by atoms with Crippen LogP contribution in [0.1, 0.15) is 73.7 Å². The van der Waals surface area contributed by atoms with Gasteiger partial charge in [-0.05, 0) is 30.9 Å². The summed E-state index contributed by atoms with van der Waals surface area (Å²) in [5.41, 5.74) is 1.75. The maximum atomic E-state index is 13.9. The van der Waals surface area contributed by atoms with Crippen LogP contribution in [-0.2, 0) is 9.53 Å². The number of hydrogen-bond donors (Lipinski definition) is 3. The molecule has 1 aliphatic carbocycles. The van der Waals surface area contributed by atoms with Gasteiger partial charge in [-0.2, -0.15) is 18.3 Å². The van der Waals surface area contributed by atoms with Crippen LogP contribution in [0.4, 0.5) is 22.0 Å². The van der Waals surface area contributed by atoms with E-state index in [4.69, 9.17) is 16.3 Å². The lowest BCUT2D eigenvalue weighted by atomic mass is 9.81. The normalized spacial score (nSPS) is 22.7. The zero-order valence-electron chi connectivity index (χ0n) is 21.0. The Hall–Kier alpha value is -2.87. The molecule has 1 amide bonds. The van der Waals surface area contributed by atoms with E-state index in [9.17, 15) is 31.9 Å². The first-order valence-electron chi connectivity index (χ1n) is 12.8. The number of nitrogens with one attached hydrogen (secondary N) is 2. The average molecular weight is 588 g/mol. The molecule has 14 heteroatoms. The summed E-state index contributed by atoms with van der Waals surface area (Å²) in [4.78, 5) is 16.4. The molecular weight excluding hydrogens is 561 g/mol. The lowest BCUT2D eigenvalue weighted by Crippen LogP contribution is -2.35. The highest BCUT2D eigenvalue weighted by molar-refractivity contribution is 6.31. The second-order valence-corrected chi connectivity index (χ2v) is 10.6. The highest BCUT2D eigenvalue weighted by atomic mass is 35.5. The highest BCUT2D eigenvalue weighted by Gasteiger charge is 2.46. The van der Waals surface area contributed by atoms with Crippen LogP contribution in [0.25, 0.3) is 5.65 Å². The van der Waals surface area contributed by atoms with Gasteiger partial charge >= 0.3 is 6.18 Å². The van der Waals surface area contributed by atoms with E-state index in [1.165, 1.54) is 16.8 Å². The predicted molar refractivity (Wildman–Crippen MR) is 133 cm³/mol. The smallest absolute Gasteiger partial charge is 0.369 e. The Morgan fingerprint density at radius 3 is 2.67 bits per heavy atom. The minimum absolute atomic E-state index is 0.121. The summed E-state index contributed by atoms with van der Waals surface area (Å²) in [6.07, 6.45) is -5.99. The third kappa shape index (κ3) is 6.88. The maximum Gasteiger partial charge on any atom is 0.389 e. The molecule has 8 nitrogen and oxygen atoms in total. The Kier molecular flexibility index (Phi) is 8.01. The molecule has 3 heterocycles. The summed E-state index contributed by atoms with van der Waals surface area (Å²) >= 11 is 6.31. The maximum absolute atomic E-state index is 13.9. The summed E-state index contributed by atoms with van der Waals surface area (Å²) in [7, 11) is 0. The number of halogens is 6. The summed E-state index contributed by atoms with van der Waals surface area (Å²) in [5, 5.41) is 20.6. The number of aliphatic hydroxyl groups is 1. The third-order valence-corrected chi connectivity index (χ3v) is 7.55. The van der Waals surface area contributed by atoms with Gasteiger partial charge in [-0.1, -0.05) is 29.8 Å². The number of carbonyl (C=O) groups excluding carboxylic acids is 1. The molecule has 0 spiro atoms. The fraction of sp³-hybridized carbons (Fsp3) is 0.500. The first-order valence-corrected chi connectivity index (χ1v) is 13.2. The van der Waals surface area contributed by atoms with Gasteiger partial charge in [0.1, 0.15) is 12.3 Å². The molecule has 2 fully saturated rings. The standard InChI is InChI=1S/C26H27ClF5N5O3/c27-17-4-2-1-3-16(17)22-24(40-22)36-21(14-5-8-25(28,29)9-6-14)18-13-37-19(34-18)11-15(12-33-37)23(39)35-20(38)7-10-26(30,31)32/h1-4,11-14,21-24,36,39H,5-10H2,(H,35,38)/t21-,22?,23+,24?/m0/s1. The van der Waals surface area contributed by atoms with Crippen molar-refractivity contribution in [1.82, 2.24) is 25.2 Å². The minimum Gasteiger partial charge on any atom is -0.369 e. The monoisotopic (exact) mass is 587 g/mol. The number of ether oxygens (including phenoxy) is 1. The fourth-order valence-electron chi connectivity index (χ4n) is 4.99. The molecule has 2 aliphatic rings. The van der Waals surface area contributed by atoms with Crippen molar-refractivity contribution in [2.45, 2.75) is 75.2 Å². The van der Waals surface area contributed by atoms with Crippen LogP contribution in [0.2, 0.25) is 5.02 Å². The Bertz CT molecular complexity index is 1360. The van der Waals surface area contributed by atoms with Crippen molar-refractivity contribution >= 4 is 23.2 Å². The van der Waals surface area contributed by atoms with Gasteiger partial charge in [0.2, 0.25) is 11.8 Å². The number of hydrogen-bond acceptors (Lipinski definition) is 6. The minimum atomic E-state index is -4.49. The molecule has 4 atom stereocenters. The highest BCUT2D eigenvalue weighted by Crippen LogP contribution is 2.45. The molecule has 2 aromatic heterocycles. The van der Waals surface area contributed by atoms with E-state index >= 15 is 0 Å². The number of epoxide rings is 1. The van der Waals surface area contributed by atoms with Gasteiger partial charge in [-0.3, -0.25) is 10.1 Å². The first-order chi connectivity index (χ1) is 18.9. The van der Waals surface area contributed by atoms with Crippen LogP contribution in [0, 0.1) is 5.92 Å². The van der Waals surface area contributed by atoms with Gasteiger partial charge in [0, 0.05) is 35.4 Å². The van der Waals surface area contributed by atoms with Crippen LogP contribution < -0.4 is 10.6 Å². The van der Waals surface area contributed by atoms with Gasteiger partial charge in [0.05, 0.1) is 30.6 Å². The van der Waals surface area contributed by atoms with E-state index < -0.39 is 49.3 Å². The average Bonchev–Trinajstić information content (AvgIpc) is 3.52. The van der Waals surface area contributed by atoms with Crippen molar-refractivity contribution in [2.75, 3.05) is 0 Å². The quantitative estimate of drug-likeness (QED) is 0.176. The molecule has 0 bridgehead atoms. The van der Waals surface area contributed by atoms with E-state index in [0.717, 1.165) is 5.56 Å². The van der Waals surface area contributed by atoms with Gasteiger partial charge in [-0.15, -0.1) is 0 Å². The van der Waals surface area contributed by atoms with Crippen molar-refractivity contribution in [3.63, 3.8) is 0 Å². The van der Waals surface area contributed by atoms with Crippen LogP contribution in [0.15, 0.2) is 42.7 Å². The largest absolute Gasteiger partial charge is 0.389 e. The van der Waals surface area contributed by atoms with Crippen molar-refractivity contribution in [2.24, 2.45) is 5.92 Å². The van der Waals surface area contributed by atoms with Gasteiger partial charge in [0.15, 0.2) is 11.9 Å². The lowest BCUT2D eigenvalue weighted by Gasteiger charge is -2.33. The molecule has 1 saturated carbocycles. The van der Waals surface area contributed by atoms with E-state index in [0.29, 0.717) is 16.4 Å². The second-order valence-electron chi connectivity index (χ2n) is 10.2. The van der Waals surface area contributed by atoms with E-state index in [1.807, 2.05) is 18.2 Å². The van der Waals surface area contributed by atoms with E-state index in [2.05, 4.69) is 20.7 Å². The molecule has 3 N–H and O–H groups in total. The van der Waals surface area contributed by atoms with E-state index in [1.54, 1.807) is 12.3 Å². The zero-order valence-corrected chi connectivity index (χ0v) is 21.8. The first kappa shape index (κ1) is 28.7. The number of benzene rings is 1. The molecule has 1 saturated heterocycles. The van der Waals surface area contributed by atoms with Crippen molar-refractivity contribution in [1.29, 1.82) is 0 Å². The Morgan fingerprint density at radius 2 is 1.98 bits per heavy atom. The van der Waals surface area contributed by atoms with Gasteiger partial charge < -0.3 is 15.2 Å². The molecule has 5 rings (SSSR count). The fourth-order valence-corrected chi connectivity index (χ4v) is 5.23. The van der Waals surface area contributed by atoms with Crippen LogP contribution in [0.5, 0.6) is 0 Å². The molecule has 1 aromatic carbocycles. The number of rotatable bonds is 9. The predicted octanol–water partition coefficient (Wildman–Crippen LogP) is 5.39. The summed E-state index contributed by atoms with van der Waals surface area (Å²) < 4.78 is 72.3. The summed E-state index contributed by atoms with van der Waals surface area (Å²) in [5.74, 6) is -3.85. The molecule has 1 aliphatic heterocycles. The second kappa shape index (κ2) is 11.2. The number of aromatic nitrogens is 3. The van der Waals surface area contributed by atoms with Crippen molar-refractivity contribution in [3.8, 4) is 0 Å². The van der Waals surface area contributed by atoms with Crippen molar-refractivity contribution in [3.05, 3.63) is 64.6 Å². The van der Waals surface area contributed by atoms with Gasteiger partial charge in [-0.25, -0.2) is 18.3 Å². The number of amides is 1. The number of alkyl halides is 5. The number of fused-ring (bicyclic) bond motifs is 1. The summed E-state index contributed by atoms with van der Waals surface area (Å²) in [6, 6.07) is 8.26. The van der Waals surface area contributed by atoms with Crippen LogP contribution >= 0.6 is 11.6 Å². The Labute approximate surface area is 230 Å². The SMILES string of the molecule is O=C(CCC(F)(F)F)N[C@H](O)c1cnn2cc([C@@H](NC3OC3c3ccccc3Cl)C3CCC(F)(F)CC3)nc2c1. The Morgan fingerprint density at radius 1 is 1.25 bits per heavy atom. The molecule has 216 valence electrons. The van der Waals surface area contributed by atoms with E-state index in [-0.39, 0.29) is 43.3 Å². The third-order valence-electron chi connectivity index (χ3n) is 7.21. The zero-order chi connectivity index (χ0) is 28.7. The topological polar surface area (TPSA) is 104 Å².